The van der Waals surface area contributed by atoms with Crippen LogP contribution in [0.15, 0.2) is 53.9 Å². The van der Waals surface area contributed by atoms with E-state index in [-0.39, 0.29) is 23.5 Å². The Hall–Kier alpha value is -3.20. The Balaban J connectivity index is 1.29. The molecule has 1 aliphatic rings. The van der Waals surface area contributed by atoms with Crippen molar-refractivity contribution >= 4 is 35.0 Å². The highest BCUT2D eigenvalue weighted by atomic mass is 32.2. The van der Waals surface area contributed by atoms with Gasteiger partial charge in [0.05, 0.1) is 5.75 Å². The number of hydrogen-bond donors (Lipinski definition) is 2. The van der Waals surface area contributed by atoms with Gasteiger partial charge in [-0.1, -0.05) is 31.0 Å². The third-order valence-electron chi connectivity index (χ3n) is 5.72. The lowest BCUT2D eigenvalue weighted by Crippen LogP contribution is -2.24. The summed E-state index contributed by atoms with van der Waals surface area (Å²) in [4.78, 5) is 28.9. The minimum absolute atomic E-state index is 0.0917. The molecule has 172 valence electrons. The number of aromatic nitrogens is 4. The Labute approximate surface area is 197 Å². The molecule has 0 saturated heterocycles. The molecule has 3 aromatic rings. The standard InChI is InChI=1S/C24H28N6O2S/c1-2-30-22(17-12-14-25-15-13-17)28-29-24(30)33-16-21(31)26-19-8-10-20(11-9-19)27-23(32)18-6-4-3-5-7-18/h8-15,18H,2-7,16H2,1H3,(H,26,31)(H,27,32). The molecule has 0 radical (unpaired) electrons. The molecule has 2 heterocycles. The van der Waals surface area contributed by atoms with Crippen LogP contribution in [0.1, 0.15) is 39.0 Å². The molecule has 0 aliphatic heterocycles. The Morgan fingerprint density at radius 2 is 1.64 bits per heavy atom. The Morgan fingerprint density at radius 1 is 0.970 bits per heavy atom. The fourth-order valence-corrected chi connectivity index (χ4v) is 4.77. The summed E-state index contributed by atoms with van der Waals surface area (Å²) in [5.74, 6) is 1.05. The van der Waals surface area contributed by atoms with Gasteiger partial charge in [0.25, 0.3) is 0 Å². The van der Waals surface area contributed by atoms with Crippen molar-refractivity contribution in [2.24, 2.45) is 5.92 Å². The minimum atomic E-state index is -0.130. The van der Waals surface area contributed by atoms with E-state index in [1.54, 1.807) is 24.5 Å². The monoisotopic (exact) mass is 464 g/mol. The third kappa shape index (κ3) is 5.98. The quantitative estimate of drug-likeness (QED) is 0.472. The van der Waals surface area contributed by atoms with Crippen molar-refractivity contribution in [3.63, 3.8) is 0 Å². The zero-order valence-electron chi connectivity index (χ0n) is 18.7. The van der Waals surface area contributed by atoms with E-state index in [0.717, 1.165) is 42.8 Å². The van der Waals surface area contributed by atoms with Crippen LogP contribution in [0.5, 0.6) is 0 Å². The van der Waals surface area contributed by atoms with Crippen LogP contribution in [-0.4, -0.2) is 37.3 Å². The molecule has 0 bridgehead atoms. The maximum atomic E-state index is 12.5. The van der Waals surface area contributed by atoms with Gasteiger partial charge in [-0.15, -0.1) is 10.2 Å². The summed E-state index contributed by atoms with van der Waals surface area (Å²) in [5, 5.41) is 15.1. The molecule has 8 nitrogen and oxygen atoms in total. The number of nitrogens with zero attached hydrogens (tertiary/aromatic N) is 4. The number of carbonyl (C=O) groups is 2. The van der Waals surface area contributed by atoms with Crippen LogP contribution < -0.4 is 10.6 Å². The number of amides is 2. The number of nitrogens with one attached hydrogen (secondary N) is 2. The van der Waals surface area contributed by atoms with Crippen molar-refractivity contribution in [2.45, 2.75) is 50.7 Å². The van der Waals surface area contributed by atoms with Gasteiger partial charge in [-0.3, -0.25) is 14.6 Å². The maximum absolute atomic E-state index is 12.5. The van der Waals surface area contributed by atoms with Gasteiger partial charge in [0, 0.05) is 41.8 Å². The predicted octanol–water partition coefficient (Wildman–Crippen LogP) is 4.61. The summed E-state index contributed by atoms with van der Waals surface area (Å²) in [7, 11) is 0. The van der Waals surface area contributed by atoms with Gasteiger partial charge in [0.15, 0.2) is 11.0 Å². The minimum Gasteiger partial charge on any atom is -0.326 e. The molecule has 1 fully saturated rings. The third-order valence-corrected chi connectivity index (χ3v) is 6.68. The fraction of sp³-hybridized carbons (Fsp3) is 0.375. The van der Waals surface area contributed by atoms with Crippen LogP contribution in [0.4, 0.5) is 11.4 Å². The lowest BCUT2D eigenvalue weighted by molar-refractivity contribution is -0.120. The van der Waals surface area contributed by atoms with Crippen LogP contribution in [0.3, 0.4) is 0 Å². The van der Waals surface area contributed by atoms with Gasteiger partial charge in [-0.2, -0.15) is 0 Å². The molecule has 1 aliphatic carbocycles. The summed E-state index contributed by atoms with van der Waals surface area (Å²) < 4.78 is 1.98. The Bertz CT molecular complexity index is 1080. The normalized spacial score (nSPS) is 14.1. The predicted molar refractivity (Wildman–Crippen MR) is 130 cm³/mol. The molecule has 0 atom stereocenters. The molecule has 4 rings (SSSR count). The fourth-order valence-electron chi connectivity index (χ4n) is 3.97. The number of pyridine rings is 1. The molecule has 33 heavy (non-hydrogen) atoms. The van der Waals surface area contributed by atoms with Crippen molar-refractivity contribution in [1.82, 2.24) is 19.7 Å². The SMILES string of the molecule is CCn1c(SCC(=O)Nc2ccc(NC(=O)C3CCCCC3)cc2)nnc1-c1ccncc1. The second kappa shape index (κ2) is 11.1. The molecule has 2 N–H and O–H groups in total. The number of hydrogen-bond acceptors (Lipinski definition) is 6. The molecule has 2 aromatic heterocycles. The molecule has 2 amide bonds. The summed E-state index contributed by atoms with van der Waals surface area (Å²) in [6.45, 7) is 2.72. The van der Waals surface area contributed by atoms with Crippen LogP contribution in [-0.2, 0) is 16.1 Å². The second-order valence-corrected chi connectivity index (χ2v) is 8.97. The van der Waals surface area contributed by atoms with E-state index in [1.165, 1.54) is 18.2 Å². The maximum Gasteiger partial charge on any atom is 0.234 e. The van der Waals surface area contributed by atoms with Crippen LogP contribution in [0, 0.1) is 5.92 Å². The zero-order valence-corrected chi connectivity index (χ0v) is 19.5. The summed E-state index contributed by atoms with van der Waals surface area (Å²) >= 11 is 1.35. The molecule has 0 spiro atoms. The van der Waals surface area contributed by atoms with Gasteiger partial charge < -0.3 is 15.2 Å². The highest BCUT2D eigenvalue weighted by Gasteiger charge is 2.21. The van der Waals surface area contributed by atoms with Crippen LogP contribution >= 0.6 is 11.8 Å². The van der Waals surface area contributed by atoms with E-state index in [9.17, 15) is 9.59 Å². The molecular weight excluding hydrogens is 436 g/mol. The van der Waals surface area contributed by atoms with Crippen molar-refractivity contribution in [1.29, 1.82) is 0 Å². The van der Waals surface area contributed by atoms with E-state index in [2.05, 4.69) is 25.8 Å². The Kier molecular flexibility index (Phi) is 7.72. The van der Waals surface area contributed by atoms with E-state index in [4.69, 9.17) is 0 Å². The van der Waals surface area contributed by atoms with Crippen molar-refractivity contribution in [2.75, 3.05) is 16.4 Å². The highest BCUT2D eigenvalue weighted by molar-refractivity contribution is 7.99. The Morgan fingerprint density at radius 3 is 2.30 bits per heavy atom. The average Bonchev–Trinajstić information content (AvgIpc) is 3.28. The van der Waals surface area contributed by atoms with Crippen LogP contribution in [0.25, 0.3) is 11.4 Å². The van der Waals surface area contributed by atoms with E-state index in [0.29, 0.717) is 17.4 Å². The van der Waals surface area contributed by atoms with Crippen molar-refractivity contribution < 1.29 is 9.59 Å². The first-order chi connectivity index (χ1) is 16.1. The summed E-state index contributed by atoms with van der Waals surface area (Å²) in [6.07, 6.45) is 8.84. The molecular formula is C24H28N6O2S. The number of thioether (sulfide) groups is 1. The van der Waals surface area contributed by atoms with Gasteiger partial charge in [0.1, 0.15) is 0 Å². The van der Waals surface area contributed by atoms with Gasteiger partial charge >= 0.3 is 0 Å². The summed E-state index contributed by atoms with van der Waals surface area (Å²) in [6, 6.07) is 11.0. The second-order valence-electron chi connectivity index (χ2n) is 8.02. The van der Waals surface area contributed by atoms with E-state index >= 15 is 0 Å². The van der Waals surface area contributed by atoms with E-state index < -0.39 is 0 Å². The largest absolute Gasteiger partial charge is 0.326 e. The lowest BCUT2D eigenvalue weighted by Gasteiger charge is -2.20. The van der Waals surface area contributed by atoms with Crippen molar-refractivity contribution in [3.05, 3.63) is 48.8 Å². The van der Waals surface area contributed by atoms with Crippen LogP contribution in [0.2, 0.25) is 0 Å². The smallest absolute Gasteiger partial charge is 0.234 e. The van der Waals surface area contributed by atoms with Crippen molar-refractivity contribution in [3.8, 4) is 11.4 Å². The first kappa shape index (κ1) is 23.0. The van der Waals surface area contributed by atoms with E-state index in [1.807, 2.05) is 35.8 Å². The average molecular weight is 465 g/mol. The molecule has 0 unspecified atom stereocenters. The first-order valence-corrected chi connectivity index (χ1v) is 12.3. The highest BCUT2D eigenvalue weighted by Crippen LogP contribution is 2.26. The first-order valence-electron chi connectivity index (χ1n) is 11.3. The number of anilines is 2. The molecule has 9 heteroatoms. The van der Waals surface area contributed by atoms with Gasteiger partial charge in [0.2, 0.25) is 11.8 Å². The summed E-state index contributed by atoms with van der Waals surface area (Å²) in [5.41, 5.74) is 2.37. The number of carbonyl (C=O) groups excluding carboxylic acids is 2. The zero-order chi connectivity index (χ0) is 23.0. The topological polar surface area (TPSA) is 102 Å². The molecule has 1 aromatic carbocycles. The van der Waals surface area contributed by atoms with Gasteiger partial charge in [-0.25, -0.2) is 0 Å². The number of rotatable bonds is 8. The number of benzene rings is 1. The lowest BCUT2D eigenvalue weighted by atomic mass is 9.88. The molecule has 1 saturated carbocycles. The van der Waals surface area contributed by atoms with Gasteiger partial charge in [-0.05, 0) is 56.2 Å².